The molecular formula is C26H20F3N3O2. The van der Waals surface area contributed by atoms with Crippen LogP contribution in [0.2, 0.25) is 0 Å². The third kappa shape index (κ3) is 4.47. The van der Waals surface area contributed by atoms with Gasteiger partial charge >= 0.3 is 6.18 Å². The van der Waals surface area contributed by atoms with Crippen LogP contribution in [-0.4, -0.2) is 12.5 Å². The van der Waals surface area contributed by atoms with E-state index in [2.05, 4.69) is 28.1 Å². The van der Waals surface area contributed by atoms with E-state index < -0.39 is 17.6 Å². The second-order valence-electron chi connectivity index (χ2n) is 7.92. The zero-order valence-corrected chi connectivity index (χ0v) is 17.8. The fourth-order valence-corrected chi connectivity index (χ4v) is 3.97. The number of ether oxygens (including phenoxy) is 1. The molecule has 0 aliphatic carbocycles. The van der Waals surface area contributed by atoms with Crippen LogP contribution in [0.25, 0.3) is 10.8 Å². The van der Waals surface area contributed by atoms with Gasteiger partial charge in [-0.05, 0) is 53.4 Å². The Morgan fingerprint density at radius 3 is 2.18 bits per heavy atom. The molecule has 4 aromatic carbocycles. The van der Waals surface area contributed by atoms with Crippen molar-refractivity contribution in [3.8, 4) is 5.75 Å². The van der Waals surface area contributed by atoms with Crippen LogP contribution in [0.5, 0.6) is 5.75 Å². The minimum absolute atomic E-state index is 0.0588. The van der Waals surface area contributed by atoms with Gasteiger partial charge < -0.3 is 20.7 Å². The minimum atomic E-state index is -4.48. The van der Waals surface area contributed by atoms with Crippen LogP contribution in [-0.2, 0) is 11.0 Å². The van der Waals surface area contributed by atoms with E-state index >= 15 is 0 Å². The third-order valence-corrected chi connectivity index (χ3v) is 5.56. The highest BCUT2D eigenvalue weighted by molar-refractivity contribution is 6.04. The molecule has 0 saturated heterocycles. The topological polar surface area (TPSA) is 62.4 Å². The molecule has 0 bridgehead atoms. The van der Waals surface area contributed by atoms with Gasteiger partial charge in [-0.3, -0.25) is 4.79 Å². The van der Waals surface area contributed by atoms with E-state index in [1.165, 1.54) is 12.1 Å². The molecule has 0 saturated carbocycles. The predicted octanol–water partition coefficient (Wildman–Crippen LogP) is 6.41. The van der Waals surface area contributed by atoms with Gasteiger partial charge in [-0.2, -0.15) is 13.2 Å². The van der Waals surface area contributed by atoms with Gasteiger partial charge in [0, 0.05) is 22.4 Å². The number of rotatable bonds is 5. The number of hydrogen-bond acceptors (Lipinski definition) is 4. The van der Waals surface area contributed by atoms with Crippen LogP contribution >= 0.6 is 0 Å². The van der Waals surface area contributed by atoms with E-state index in [1.807, 2.05) is 36.4 Å². The molecule has 8 heteroatoms. The van der Waals surface area contributed by atoms with Crippen molar-refractivity contribution in [1.29, 1.82) is 0 Å². The Morgan fingerprint density at radius 1 is 0.882 bits per heavy atom. The van der Waals surface area contributed by atoms with Crippen molar-refractivity contribution in [1.82, 2.24) is 0 Å². The van der Waals surface area contributed by atoms with Gasteiger partial charge in [0.2, 0.25) is 0 Å². The molecule has 0 fully saturated rings. The highest BCUT2D eigenvalue weighted by Gasteiger charge is 2.30. The third-order valence-electron chi connectivity index (χ3n) is 5.56. The first-order valence-corrected chi connectivity index (χ1v) is 10.6. The van der Waals surface area contributed by atoms with Gasteiger partial charge in [0.25, 0.3) is 5.91 Å². The molecule has 1 aliphatic heterocycles. The van der Waals surface area contributed by atoms with Gasteiger partial charge in [-0.1, -0.05) is 42.5 Å². The van der Waals surface area contributed by atoms with Crippen molar-refractivity contribution >= 4 is 33.7 Å². The summed E-state index contributed by atoms with van der Waals surface area (Å²) in [4.78, 5) is 12.1. The molecule has 0 aromatic heterocycles. The Bertz CT molecular complexity index is 1310. The number of benzene rings is 4. The van der Waals surface area contributed by atoms with Crippen LogP contribution in [0, 0.1) is 0 Å². The monoisotopic (exact) mass is 463 g/mol. The second-order valence-corrected chi connectivity index (χ2v) is 7.92. The largest absolute Gasteiger partial charge is 0.484 e. The molecule has 1 aliphatic rings. The summed E-state index contributed by atoms with van der Waals surface area (Å²) in [5, 5.41) is 11.7. The van der Waals surface area contributed by atoms with E-state index in [9.17, 15) is 18.0 Å². The van der Waals surface area contributed by atoms with E-state index in [-0.39, 0.29) is 18.5 Å². The SMILES string of the molecule is O=C(COc1ccc(C2Nc3cccc4cccc(c34)N2)cc1)Nc1cccc(C(F)(F)F)c1. The average molecular weight is 463 g/mol. The quantitative estimate of drug-likeness (QED) is 0.320. The number of hydrogen-bond donors (Lipinski definition) is 3. The number of anilines is 3. The van der Waals surface area contributed by atoms with Crippen LogP contribution in [0.1, 0.15) is 17.3 Å². The Balaban J connectivity index is 1.20. The van der Waals surface area contributed by atoms with Gasteiger partial charge in [0.15, 0.2) is 6.61 Å². The number of nitrogens with one attached hydrogen (secondary N) is 3. The Labute approximate surface area is 193 Å². The van der Waals surface area contributed by atoms with Gasteiger partial charge in [-0.25, -0.2) is 0 Å². The van der Waals surface area contributed by atoms with E-state index in [0.717, 1.165) is 39.8 Å². The van der Waals surface area contributed by atoms with E-state index in [4.69, 9.17) is 4.74 Å². The predicted molar refractivity (Wildman–Crippen MR) is 126 cm³/mol. The molecule has 172 valence electrons. The zero-order valence-electron chi connectivity index (χ0n) is 17.8. The van der Waals surface area contributed by atoms with E-state index in [0.29, 0.717) is 5.75 Å². The van der Waals surface area contributed by atoms with Crippen molar-refractivity contribution < 1.29 is 22.7 Å². The first-order valence-electron chi connectivity index (χ1n) is 10.6. The molecular weight excluding hydrogens is 443 g/mol. The molecule has 1 amide bonds. The lowest BCUT2D eigenvalue weighted by molar-refractivity contribution is -0.137. The number of amides is 1. The summed E-state index contributed by atoms with van der Waals surface area (Å²) in [6.45, 7) is -0.328. The van der Waals surface area contributed by atoms with Crippen LogP contribution in [0.4, 0.5) is 30.2 Å². The van der Waals surface area contributed by atoms with Gasteiger partial charge in [0.05, 0.1) is 5.56 Å². The normalized spacial score (nSPS) is 13.1. The maximum absolute atomic E-state index is 12.8. The Morgan fingerprint density at radius 2 is 1.53 bits per heavy atom. The Kier molecular flexibility index (Phi) is 5.49. The summed E-state index contributed by atoms with van der Waals surface area (Å²) in [6.07, 6.45) is -4.62. The summed E-state index contributed by atoms with van der Waals surface area (Å²) in [6, 6.07) is 24.0. The summed E-state index contributed by atoms with van der Waals surface area (Å²) in [5.41, 5.74) is 2.30. The molecule has 0 spiro atoms. The fraction of sp³-hybridized carbons (Fsp3) is 0.115. The number of alkyl halides is 3. The molecule has 5 nitrogen and oxygen atoms in total. The van der Waals surface area contributed by atoms with Gasteiger partial charge in [0.1, 0.15) is 11.9 Å². The van der Waals surface area contributed by atoms with Crippen molar-refractivity contribution in [2.45, 2.75) is 12.3 Å². The number of halogens is 3. The summed E-state index contributed by atoms with van der Waals surface area (Å²) in [7, 11) is 0. The number of carbonyl (C=O) groups is 1. The van der Waals surface area contributed by atoms with Crippen LogP contribution < -0.4 is 20.7 Å². The van der Waals surface area contributed by atoms with Crippen molar-refractivity contribution in [2.24, 2.45) is 0 Å². The molecule has 34 heavy (non-hydrogen) atoms. The second kappa shape index (κ2) is 8.62. The maximum atomic E-state index is 12.8. The lowest BCUT2D eigenvalue weighted by Gasteiger charge is -2.29. The smallest absolute Gasteiger partial charge is 0.416 e. The first kappa shape index (κ1) is 21.6. The Hall–Kier alpha value is -4.20. The molecule has 0 unspecified atom stereocenters. The fourth-order valence-electron chi connectivity index (χ4n) is 3.97. The van der Waals surface area contributed by atoms with Crippen LogP contribution in [0.3, 0.4) is 0 Å². The highest BCUT2D eigenvalue weighted by atomic mass is 19.4. The van der Waals surface area contributed by atoms with E-state index in [1.54, 1.807) is 12.1 Å². The molecule has 0 atom stereocenters. The minimum Gasteiger partial charge on any atom is -0.484 e. The van der Waals surface area contributed by atoms with Crippen molar-refractivity contribution in [3.63, 3.8) is 0 Å². The lowest BCUT2D eigenvalue weighted by atomic mass is 10.0. The summed E-state index contributed by atoms with van der Waals surface area (Å²) >= 11 is 0. The zero-order chi connectivity index (χ0) is 23.7. The average Bonchev–Trinajstić information content (AvgIpc) is 2.83. The number of carbonyl (C=O) groups excluding carboxylic acids is 1. The maximum Gasteiger partial charge on any atom is 0.416 e. The molecule has 4 aromatic rings. The summed E-state index contributed by atoms with van der Waals surface area (Å²) in [5.74, 6) is -0.0787. The van der Waals surface area contributed by atoms with Crippen molar-refractivity contribution in [2.75, 3.05) is 22.6 Å². The standard InChI is InChI=1S/C26H20F3N3O2/c27-26(28,29)18-6-3-7-19(14-18)30-23(33)15-34-20-12-10-17(11-13-20)25-31-21-8-1-4-16-5-2-9-22(32-25)24(16)21/h1-14,25,31-32H,15H2,(H,30,33). The molecule has 5 rings (SSSR count). The molecule has 0 radical (unpaired) electrons. The highest BCUT2D eigenvalue weighted by Crippen LogP contribution is 2.38. The molecule has 1 heterocycles. The van der Waals surface area contributed by atoms with Crippen LogP contribution in [0.15, 0.2) is 84.9 Å². The first-order chi connectivity index (χ1) is 16.4. The lowest BCUT2D eigenvalue weighted by Crippen LogP contribution is -2.23. The summed E-state index contributed by atoms with van der Waals surface area (Å²) < 4.78 is 44.0. The van der Waals surface area contributed by atoms with Crippen molar-refractivity contribution in [3.05, 3.63) is 96.1 Å². The molecule has 3 N–H and O–H groups in total. The van der Waals surface area contributed by atoms with Gasteiger partial charge in [-0.15, -0.1) is 0 Å².